The van der Waals surface area contributed by atoms with Crippen molar-refractivity contribution >= 4 is 11.8 Å². The van der Waals surface area contributed by atoms with Crippen LogP contribution < -0.4 is 4.74 Å². The number of ketones is 1. The number of rotatable bonds is 7. The molecule has 0 unspecified atom stereocenters. The molecular formula is C20H22O4. The highest BCUT2D eigenvalue weighted by molar-refractivity contribution is 5.97. The minimum atomic E-state index is -1.08. The van der Waals surface area contributed by atoms with E-state index in [0.717, 1.165) is 5.56 Å². The van der Waals surface area contributed by atoms with Gasteiger partial charge in [-0.25, -0.2) is 4.79 Å². The molecule has 24 heavy (non-hydrogen) atoms. The first-order chi connectivity index (χ1) is 11.4. The van der Waals surface area contributed by atoms with E-state index in [1.54, 1.807) is 45.0 Å². The largest absolute Gasteiger partial charge is 0.476 e. The molecule has 0 atom stereocenters. The van der Waals surface area contributed by atoms with Gasteiger partial charge in [-0.1, -0.05) is 30.3 Å². The first kappa shape index (κ1) is 17.7. The van der Waals surface area contributed by atoms with Crippen LogP contribution in [-0.2, 0) is 16.0 Å². The summed E-state index contributed by atoms with van der Waals surface area (Å²) in [4.78, 5) is 24.1. The van der Waals surface area contributed by atoms with Crippen molar-refractivity contribution in [1.82, 2.24) is 0 Å². The molecule has 0 aromatic heterocycles. The SMILES string of the molecule is CCOC(=O)C(C)(C)Oc1ccc(C(=O)Cc2ccccc2)cc1. The molecule has 0 N–H and O–H groups in total. The lowest BCUT2D eigenvalue weighted by Crippen LogP contribution is -2.39. The standard InChI is InChI=1S/C20H22O4/c1-4-23-19(22)20(2,3)24-17-12-10-16(11-13-17)18(21)14-15-8-6-5-7-9-15/h5-13H,4,14H2,1-3H3. The van der Waals surface area contributed by atoms with E-state index in [1.807, 2.05) is 30.3 Å². The van der Waals surface area contributed by atoms with Gasteiger partial charge >= 0.3 is 5.97 Å². The third-order valence-electron chi connectivity index (χ3n) is 3.52. The maximum absolute atomic E-state index is 12.3. The third kappa shape index (κ3) is 4.69. The average molecular weight is 326 g/mol. The molecule has 0 spiro atoms. The molecule has 0 aliphatic carbocycles. The van der Waals surface area contributed by atoms with E-state index >= 15 is 0 Å². The van der Waals surface area contributed by atoms with Crippen molar-refractivity contribution in [3.8, 4) is 5.75 Å². The molecule has 0 fully saturated rings. The molecule has 0 saturated heterocycles. The minimum absolute atomic E-state index is 0.0393. The maximum atomic E-state index is 12.3. The van der Waals surface area contributed by atoms with Crippen LogP contribution in [0.1, 0.15) is 36.7 Å². The van der Waals surface area contributed by atoms with Crippen LogP contribution in [0.15, 0.2) is 54.6 Å². The van der Waals surface area contributed by atoms with Crippen molar-refractivity contribution in [3.05, 3.63) is 65.7 Å². The fraction of sp³-hybridized carbons (Fsp3) is 0.300. The summed E-state index contributed by atoms with van der Waals surface area (Å²) in [5.41, 5.74) is 0.511. The lowest BCUT2D eigenvalue weighted by Gasteiger charge is -2.24. The van der Waals surface area contributed by atoms with E-state index in [4.69, 9.17) is 9.47 Å². The molecule has 0 aliphatic rings. The fourth-order valence-electron chi connectivity index (χ4n) is 2.23. The molecule has 0 amide bonds. The zero-order valence-corrected chi connectivity index (χ0v) is 14.2. The van der Waals surface area contributed by atoms with Crippen molar-refractivity contribution in [2.75, 3.05) is 6.61 Å². The first-order valence-corrected chi connectivity index (χ1v) is 7.96. The van der Waals surface area contributed by atoms with E-state index < -0.39 is 11.6 Å². The first-order valence-electron chi connectivity index (χ1n) is 7.96. The summed E-state index contributed by atoms with van der Waals surface area (Å²) in [5.74, 6) is 0.135. The Balaban J connectivity index is 2.02. The molecule has 0 heterocycles. The van der Waals surface area contributed by atoms with Gasteiger partial charge in [0, 0.05) is 12.0 Å². The van der Waals surface area contributed by atoms with Crippen LogP contribution in [0.2, 0.25) is 0 Å². The summed E-state index contributed by atoms with van der Waals surface area (Å²) in [5, 5.41) is 0. The highest BCUT2D eigenvalue weighted by atomic mass is 16.6. The molecule has 2 aromatic rings. The smallest absolute Gasteiger partial charge is 0.349 e. The third-order valence-corrected chi connectivity index (χ3v) is 3.52. The van der Waals surface area contributed by atoms with Crippen LogP contribution in [0, 0.1) is 0 Å². The second kappa shape index (κ2) is 7.77. The average Bonchev–Trinajstić information content (AvgIpc) is 2.56. The predicted octanol–water partition coefficient (Wildman–Crippen LogP) is 3.83. The van der Waals surface area contributed by atoms with Crippen molar-refractivity contribution < 1.29 is 19.1 Å². The fourth-order valence-corrected chi connectivity index (χ4v) is 2.23. The molecule has 0 aliphatic heterocycles. The lowest BCUT2D eigenvalue weighted by molar-refractivity contribution is -0.158. The molecule has 0 radical (unpaired) electrons. The number of esters is 1. The van der Waals surface area contributed by atoms with Crippen LogP contribution in [0.5, 0.6) is 5.75 Å². The second-order valence-electron chi connectivity index (χ2n) is 5.94. The van der Waals surface area contributed by atoms with Crippen molar-refractivity contribution in [3.63, 3.8) is 0 Å². The summed E-state index contributed by atoms with van der Waals surface area (Å²) in [6, 6.07) is 16.4. The number of ether oxygens (including phenoxy) is 2. The zero-order chi connectivity index (χ0) is 17.6. The maximum Gasteiger partial charge on any atom is 0.349 e. The highest BCUT2D eigenvalue weighted by Crippen LogP contribution is 2.21. The summed E-state index contributed by atoms with van der Waals surface area (Å²) in [6.07, 6.45) is 0.357. The van der Waals surface area contributed by atoms with Gasteiger partial charge in [-0.05, 0) is 50.6 Å². The van der Waals surface area contributed by atoms with Gasteiger partial charge in [0.2, 0.25) is 0 Å². The quantitative estimate of drug-likeness (QED) is 0.573. The Morgan fingerprint density at radius 2 is 1.58 bits per heavy atom. The van der Waals surface area contributed by atoms with Gasteiger partial charge in [0.15, 0.2) is 11.4 Å². The predicted molar refractivity (Wildman–Crippen MR) is 92.3 cm³/mol. The van der Waals surface area contributed by atoms with Gasteiger partial charge in [0.1, 0.15) is 5.75 Å². The lowest BCUT2D eigenvalue weighted by atomic mass is 10.0. The Morgan fingerprint density at radius 3 is 2.17 bits per heavy atom. The minimum Gasteiger partial charge on any atom is -0.476 e. The summed E-state index contributed by atoms with van der Waals surface area (Å²) in [6.45, 7) is 5.36. The van der Waals surface area contributed by atoms with Crippen LogP contribution in [0.3, 0.4) is 0 Å². The van der Waals surface area contributed by atoms with Gasteiger partial charge in [0.25, 0.3) is 0 Å². The normalized spacial score (nSPS) is 11.0. The van der Waals surface area contributed by atoms with E-state index in [9.17, 15) is 9.59 Å². The van der Waals surface area contributed by atoms with Crippen molar-refractivity contribution in [2.45, 2.75) is 32.8 Å². The number of carbonyl (C=O) groups excluding carboxylic acids is 2. The Hall–Kier alpha value is -2.62. The molecule has 2 rings (SSSR count). The Morgan fingerprint density at radius 1 is 0.958 bits per heavy atom. The number of hydrogen-bond acceptors (Lipinski definition) is 4. The van der Waals surface area contributed by atoms with Crippen LogP contribution in [0.4, 0.5) is 0 Å². The number of Topliss-reactive ketones (excluding diaryl/α,β-unsaturated/α-hetero) is 1. The van der Waals surface area contributed by atoms with Gasteiger partial charge in [-0.15, -0.1) is 0 Å². The Bertz CT molecular complexity index is 687. The molecule has 0 saturated carbocycles. The molecular weight excluding hydrogens is 304 g/mol. The van der Waals surface area contributed by atoms with Gasteiger partial charge < -0.3 is 9.47 Å². The molecule has 0 bridgehead atoms. The van der Waals surface area contributed by atoms with Gasteiger partial charge in [0.05, 0.1) is 6.61 Å². The topological polar surface area (TPSA) is 52.6 Å². The van der Waals surface area contributed by atoms with Crippen LogP contribution in [-0.4, -0.2) is 24.0 Å². The monoisotopic (exact) mass is 326 g/mol. The van der Waals surface area contributed by atoms with Gasteiger partial charge in [-0.3, -0.25) is 4.79 Å². The van der Waals surface area contributed by atoms with Crippen LogP contribution in [0.25, 0.3) is 0 Å². The van der Waals surface area contributed by atoms with Crippen molar-refractivity contribution in [2.24, 2.45) is 0 Å². The number of hydrogen-bond donors (Lipinski definition) is 0. The molecule has 4 heteroatoms. The highest BCUT2D eigenvalue weighted by Gasteiger charge is 2.31. The van der Waals surface area contributed by atoms with Crippen molar-refractivity contribution in [1.29, 1.82) is 0 Å². The Labute approximate surface area is 142 Å². The van der Waals surface area contributed by atoms with E-state index in [2.05, 4.69) is 0 Å². The van der Waals surface area contributed by atoms with E-state index in [1.165, 1.54) is 0 Å². The van der Waals surface area contributed by atoms with Crippen LogP contribution >= 0.6 is 0 Å². The Kier molecular flexibility index (Phi) is 5.74. The number of benzene rings is 2. The summed E-state index contributed by atoms with van der Waals surface area (Å²) in [7, 11) is 0. The summed E-state index contributed by atoms with van der Waals surface area (Å²) >= 11 is 0. The van der Waals surface area contributed by atoms with E-state index in [0.29, 0.717) is 24.3 Å². The van der Waals surface area contributed by atoms with E-state index in [-0.39, 0.29) is 5.78 Å². The zero-order valence-electron chi connectivity index (χ0n) is 14.2. The molecule has 4 nitrogen and oxygen atoms in total. The summed E-state index contributed by atoms with van der Waals surface area (Å²) < 4.78 is 10.7. The molecule has 2 aromatic carbocycles. The van der Waals surface area contributed by atoms with Gasteiger partial charge in [-0.2, -0.15) is 0 Å². The molecule has 126 valence electrons. The number of carbonyl (C=O) groups is 2. The second-order valence-corrected chi connectivity index (χ2v) is 5.94.